The SMILES string of the molecule is CC(C)(O)c1cc2nc(C3CCN(Cc4ccc(N5CCC(=O)NC5=O)cn4)CC3)sc2cc1NC(=O)c1cccc(C(F)(F)F)n1. The first-order valence-corrected chi connectivity index (χ1v) is 15.9. The minimum absolute atomic E-state index is 0.206. The predicted octanol–water partition coefficient (Wildman–Crippen LogP) is 5.41. The van der Waals surface area contributed by atoms with Crippen molar-refractivity contribution in [3.8, 4) is 0 Å². The Labute approximate surface area is 271 Å². The van der Waals surface area contributed by atoms with E-state index in [4.69, 9.17) is 4.98 Å². The van der Waals surface area contributed by atoms with Gasteiger partial charge in [0.1, 0.15) is 11.4 Å². The monoisotopic (exact) mass is 667 g/mol. The molecule has 0 atom stereocenters. The number of urea groups is 1. The fraction of sp³-hybridized carbons (Fsp3) is 0.375. The van der Waals surface area contributed by atoms with Gasteiger partial charge in [0.2, 0.25) is 5.91 Å². The molecule has 5 heterocycles. The van der Waals surface area contributed by atoms with Crippen LogP contribution in [0.4, 0.5) is 29.3 Å². The van der Waals surface area contributed by atoms with Gasteiger partial charge in [0.05, 0.1) is 38.4 Å². The van der Waals surface area contributed by atoms with Crippen LogP contribution in [0.15, 0.2) is 48.7 Å². The summed E-state index contributed by atoms with van der Waals surface area (Å²) in [6.07, 6.45) is -1.07. The Morgan fingerprint density at radius 1 is 1.09 bits per heavy atom. The Morgan fingerprint density at radius 3 is 2.51 bits per heavy atom. The van der Waals surface area contributed by atoms with E-state index in [1.807, 2.05) is 12.1 Å². The molecule has 0 spiro atoms. The third kappa shape index (κ3) is 7.26. The van der Waals surface area contributed by atoms with Crippen molar-refractivity contribution in [2.75, 3.05) is 29.9 Å². The molecule has 11 nitrogen and oxygen atoms in total. The van der Waals surface area contributed by atoms with Gasteiger partial charge in [-0.05, 0) is 76.2 Å². The molecule has 15 heteroatoms. The Bertz CT molecular complexity index is 1830. The molecular formula is C32H32F3N7O4S. The van der Waals surface area contributed by atoms with Crippen molar-refractivity contribution in [1.82, 2.24) is 25.2 Å². The predicted molar refractivity (Wildman–Crippen MR) is 169 cm³/mol. The molecule has 2 fully saturated rings. The van der Waals surface area contributed by atoms with E-state index in [1.54, 1.807) is 32.2 Å². The van der Waals surface area contributed by atoms with Crippen LogP contribution in [0, 0.1) is 0 Å². The summed E-state index contributed by atoms with van der Waals surface area (Å²) in [7, 11) is 0. The van der Waals surface area contributed by atoms with Crippen LogP contribution in [0.2, 0.25) is 0 Å². The molecular weight excluding hydrogens is 635 g/mol. The van der Waals surface area contributed by atoms with Gasteiger partial charge in [-0.15, -0.1) is 11.3 Å². The third-order valence-corrected chi connectivity index (χ3v) is 9.40. The summed E-state index contributed by atoms with van der Waals surface area (Å²) in [6.45, 7) is 5.73. The molecule has 0 saturated carbocycles. The molecule has 0 radical (unpaired) electrons. The van der Waals surface area contributed by atoms with E-state index in [0.717, 1.165) is 53.5 Å². The van der Waals surface area contributed by atoms with Crippen LogP contribution in [-0.2, 0) is 23.1 Å². The number of thiazole rings is 1. The van der Waals surface area contributed by atoms with Gasteiger partial charge in [0, 0.05) is 36.7 Å². The molecule has 3 N–H and O–H groups in total. The van der Waals surface area contributed by atoms with Crippen molar-refractivity contribution < 1.29 is 32.7 Å². The zero-order chi connectivity index (χ0) is 33.5. The van der Waals surface area contributed by atoms with E-state index in [9.17, 15) is 32.7 Å². The van der Waals surface area contributed by atoms with Gasteiger partial charge in [0.15, 0.2) is 0 Å². The molecule has 2 aliphatic heterocycles. The summed E-state index contributed by atoms with van der Waals surface area (Å²) >= 11 is 1.49. The summed E-state index contributed by atoms with van der Waals surface area (Å²) in [6, 6.07) is 9.81. The van der Waals surface area contributed by atoms with E-state index in [1.165, 1.54) is 22.3 Å². The van der Waals surface area contributed by atoms with Gasteiger partial charge in [-0.1, -0.05) is 6.07 Å². The maximum atomic E-state index is 13.2. The number of piperidine rings is 1. The average Bonchev–Trinajstić information content (AvgIpc) is 3.44. The number of hydrogen-bond acceptors (Lipinski definition) is 9. The number of aromatic nitrogens is 3. The van der Waals surface area contributed by atoms with Crippen LogP contribution < -0.4 is 15.5 Å². The van der Waals surface area contributed by atoms with E-state index in [-0.39, 0.29) is 23.9 Å². The van der Waals surface area contributed by atoms with Crippen molar-refractivity contribution in [2.24, 2.45) is 0 Å². The van der Waals surface area contributed by atoms with Crippen LogP contribution in [0.3, 0.4) is 0 Å². The molecule has 47 heavy (non-hydrogen) atoms. The van der Waals surface area contributed by atoms with Crippen molar-refractivity contribution in [3.63, 3.8) is 0 Å². The van der Waals surface area contributed by atoms with Crippen LogP contribution in [-0.4, -0.2) is 62.4 Å². The number of imide groups is 1. The second-order valence-corrected chi connectivity index (χ2v) is 13.2. The Kier molecular flexibility index (Phi) is 8.72. The first-order chi connectivity index (χ1) is 22.2. The molecule has 2 saturated heterocycles. The zero-order valence-electron chi connectivity index (χ0n) is 25.6. The second-order valence-electron chi connectivity index (χ2n) is 12.1. The summed E-state index contributed by atoms with van der Waals surface area (Å²) < 4.78 is 40.3. The third-order valence-electron chi connectivity index (χ3n) is 8.22. The fourth-order valence-corrected chi connectivity index (χ4v) is 6.89. The molecule has 246 valence electrons. The lowest BCUT2D eigenvalue weighted by molar-refractivity contribution is -0.141. The van der Waals surface area contributed by atoms with E-state index in [2.05, 4.69) is 25.5 Å². The number of hydrogen-bond donors (Lipinski definition) is 3. The number of carbonyl (C=O) groups excluding carboxylic acids is 3. The molecule has 4 aromatic rings. The molecule has 1 aromatic carbocycles. The topological polar surface area (TPSA) is 141 Å². The van der Waals surface area contributed by atoms with Crippen LogP contribution in [0.25, 0.3) is 10.2 Å². The molecule has 0 aliphatic carbocycles. The minimum atomic E-state index is -4.69. The number of rotatable bonds is 7. The molecule has 0 unspecified atom stereocenters. The maximum absolute atomic E-state index is 13.2. The van der Waals surface area contributed by atoms with Crippen molar-refractivity contribution in [2.45, 2.75) is 57.3 Å². The number of halogens is 3. The highest BCUT2D eigenvalue weighted by Crippen LogP contribution is 2.39. The van der Waals surface area contributed by atoms with E-state index >= 15 is 0 Å². The highest BCUT2D eigenvalue weighted by atomic mass is 32.1. The van der Waals surface area contributed by atoms with Gasteiger partial charge >= 0.3 is 12.2 Å². The van der Waals surface area contributed by atoms with Gasteiger partial charge in [0.25, 0.3) is 5.91 Å². The first-order valence-electron chi connectivity index (χ1n) is 15.1. The lowest BCUT2D eigenvalue weighted by Crippen LogP contribution is -2.49. The fourth-order valence-electron chi connectivity index (χ4n) is 5.73. The van der Waals surface area contributed by atoms with Gasteiger partial charge in [-0.25, -0.2) is 14.8 Å². The molecule has 4 amide bonds. The number of alkyl halides is 3. The quantitative estimate of drug-likeness (QED) is 0.238. The van der Waals surface area contributed by atoms with Crippen molar-refractivity contribution >= 4 is 50.8 Å². The standard InChI is InChI=1S/C32H32F3N7O4S/c1-31(2,46)21-14-24-25(15-23(21)38-28(44)22-4-3-5-26(37-22)32(33,34)35)47-29(39-24)18-8-11-41(12-9-18)17-19-6-7-20(16-36-19)42-13-10-27(43)40-30(42)45/h3-7,14-16,18,46H,8-13,17H2,1-2H3,(H,38,44)(H,40,43,45). The highest BCUT2D eigenvalue weighted by Gasteiger charge is 2.33. The Hall–Kier alpha value is -4.47. The normalized spacial score (nSPS) is 16.9. The summed E-state index contributed by atoms with van der Waals surface area (Å²) in [4.78, 5) is 53.2. The number of anilines is 2. The van der Waals surface area contributed by atoms with Crippen molar-refractivity contribution in [3.05, 3.63) is 76.3 Å². The maximum Gasteiger partial charge on any atom is 0.433 e. The van der Waals surface area contributed by atoms with Gasteiger partial charge in [-0.3, -0.25) is 29.7 Å². The Morgan fingerprint density at radius 2 is 1.85 bits per heavy atom. The zero-order valence-corrected chi connectivity index (χ0v) is 26.4. The minimum Gasteiger partial charge on any atom is -0.386 e. The van der Waals surface area contributed by atoms with Gasteiger partial charge < -0.3 is 10.4 Å². The number of nitrogens with zero attached hydrogens (tertiary/aromatic N) is 5. The smallest absolute Gasteiger partial charge is 0.386 e. The average molecular weight is 668 g/mol. The number of carbonyl (C=O) groups is 3. The van der Waals surface area contributed by atoms with Crippen LogP contribution in [0.1, 0.15) is 71.5 Å². The Balaban J connectivity index is 1.12. The van der Waals surface area contributed by atoms with E-state index < -0.39 is 35.1 Å². The highest BCUT2D eigenvalue weighted by molar-refractivity contribution is 7.18. The number of nitrogens with one attached hydrogen (secondary N) is 2. The lowest BCUT2D eigenvalue weighted by atomic mass is 9.95. The lowest BCUT2D eigenvalue weighted by Gasteiger charge is -2.31. The number of pyridine rings is 2. The molecule has 0 bridgehead atoms. The second kappa shape index (κ2) is 12.6. The number of benzene rings is 1. The molecule has 6 rings (SSSR count). The molecule has 3 aromatic heterocycles. The number of likely N-dealkylation sites (tertiary alicyclic amines) is 1. The van der Waals surface area contributed by atoms with Crippen molar-refractivity contribution in [1.29, 1.82) is 0 Å². The van der Waals surface area contributed by atoms with E-state index in [0.29, 0.717) is 29.9 Å². The first kappa shape index (κ1) is 32.5. The summed E-state index contributed by atoms with van der Waals surface area (Å²) in [5.41, 5.74) is -0.118. The number of aliphatic hydroxyl groups is 1. The molecule has 2 aliphatic rings. The number of fused-ring (bicyclic) bond motifs is 1. The van der Waals surface area contributed by atoms with Gasteiger partial charge in [-0.2, -0.15) is 13.2 Å². The largest absolute Gasteiger partial charge is 0.433 e. The number of amides is 4. The summed E-state index contributed by atoms with van der Waals surface area (Å²) in [5.74, 6) is -0.902. The van der Waals surface area contributed by atoms with Crippen LogP contribution >= 0.6 is 11.3 Å². The summed E-state index contributed by atoms with van der Waals surface area (Å²) in [5, 5.41) is 16.8. The van der Waals surface area contributed by atoms with Crippen LogP contribution in [0.5, 0.6) is 0 Å².